The van der Waals surface area contributed by atoms with E-state index in [1.54, 1.807) is 24.3 Å². The monoisotopic (exact) mass is 310 g/mol. The van der Waals surface area contributed by atoms with Crippen LogP contribution in [0.3, 0.4) is 0 Å². The molecular weight excluding hydrogens is 284 g/mol. The van der Waals surface area contributed by atoms with Crippen molar-refractivity contribution in [3.63, 3.8) is 0 Å². The average Bonchev–Trinajstić information content (AvgIpc) is 2.47. The third-order valence-electron chi connectivity index (χ3n) is 3.60. The molecule has 0 fully saturated rings. The normalized spacial score (nSPS) is 10.5. The van der Waals surface area contributed by atoms with Crippen molar-refractivity contribution in [1.29, 1.82) is 0 Å². The van der Waals surface area contributed by atoms with Crippen molar-refractivity contribution in [1.82, 2.24) is 0 Å². The smallest absolute Gasteiger partial charge is 0.160 e. The molecular formula is C21H26O2. The van der Waals surface area contributed by atoms with Crippen LogP contribution in [0.4, 0.5) is 0 Å². The van der Waals surface area contributed by atoms with Crippen LogP contribution in [0.1, 0.15) is 66.5 Å². The summed E-state index contributed by atoms with van der Waals surface area (Å²) in [5.74, 6) is -0.137. The molecule has 0 aliphatic heterocycles. The van der Waals surface area contributed by atoms with E-state index in [-0.39, 0.29) is 17.0 Å². The Labute approximate surface area is 139 Å². The molecule has 0 aromatic heterocycles. The van der Waals surface area contributed by atoms with Crippen LogP contribution in [0.15, 0.2) is 48.5 Å². The van der Waals surface area contributed by atoms with E-state index < -0.39 is 0 Å². The van der Waals surface area contributed by atoms with Gasteiger partial charge in [-0.25, -0.2) is 0 Å². The van der Waals surface area contributed by atoms with Crippen molar-refractivity contribution in [2.75, 3.05) is 0 Å². The average molecular weight is 310 g/mol. The summed E-state index contributed by atoms with van der Waals surface area (Å²) >= 11 is 0. The zero-order chi connectivity index (χ0) is 17.6. The minimum absolute atomic E-state index is 0.0687. The topological polar surface area (TPSA) is 34.1 Å². The van der Waals surface area contributed by atoms with Gasteiger partial charge < -0.3 is 0 Å². The first-order chi connectivity index (χ1) is 10.6. The van der Waals surface area contributed by atoms with Gasteiger partial charge in [-0.15, -0.1) is 0 Å². The number of hydrogen-bond acceptors (Lipinski definition) is 2. The number of Topliss-reactive ketones (excluding diaryl/α,β-unsaturated/α-hetero) is 2. The molecule has 0 saturated carbocycles. The van der Waals surface area contributed by atoms with Crippen LogP contribution in [0.25, 0.3) is 0 Å². The summed E-state index contributed by atoms with van der Waals surface area (Å²) < 4.78 is 0. The van der Waals surface area contributed by atoms with E-state index in [4.69, 9.17) is 0 Å². The van der Waals surface area contributed by atoms with Gasteiger partial charge in [-0.1, -0.05) is 74.9 Å². The van der Waals surface area contributed by atoms with Crippen LogP contribution in [0, 0.1) is 6.92 Å². The van der Waals surface area contributed by atoms with Crippen molar-refractivity contribution < 1.29 is 9.59 Å². The molecule has 0 saturated heterocycles. The molecule has 0 aliphatic rings. The molecule has 0 unspecified atom stereocenters. The fourth-order valence-electron chi connectivity index (χ4n) is 2.15. The first-order valence-corrected chi connectivity index (χ1v) is 7.81. The molecule has 0 bridgehead atoms. The lowest BCUT2D eigenvalue weighted by atomic mass is 9.87. The van der Waals surface area contributed by atoms with Crippen LogP contribution >= 0.6 is 0 Å². The van der Waals surface area contributed by atoms with Crippen molar-refractivity contribution in [3.8, 4) is 0 Å². The van der Waals surface area contributed by atoms with Gasteiger partial charge in [0.15, 0.2) is 11.6 Å². The molecule has 0 amide bonds. The molecule has 0 radical (unpaired) electrons. The van der Waals surface area contributed by atoms with Crippen LogP contribution in [-0.2, 0) is 5.41 Å². The Hall–Kier alpha value is -2.22. The zero-order valence-electron chi connectivity index (χ0n) is 14.9. The van der Waals surface area contributed by atoms with Gasteiger partial charge >= 0.3 is 0 Å². The van der Waals surface area contributed by atoms with Crippen LogP contribution in [0.2, 0.25) is 0 Å². The Kier molecular flexibility index (Phi) is 6.44. The number of ketones is 2. The van der Waals surface area contributed by atoms with Crippen molar-refractivity contribution in [2.45, 2.75) is 47.0 Å². The Bertz CT molecular complexity index is 641. The molecule has 2 nitrogen and oxygen atoms in total. The van der Waals surface area contributed by atoms with E-state index >= 15 is 0 Å². The lowest BCUT2D eigenvalue weighted by Gasteiger charge is -2.18. The molecule has 0 atom stereocenters. The maximum absolute atomic E-state index is 11.0. The molecule has 0 N–H and O–H groups in total. The molecule has 0 spiro atoms. The molecule has 0 aliphatic carbocycles. The van der Waals surface area contributed by atoms with Crippen LogP contribution in [0.5, 0.6) is 0 Å². The first-order valence-electron chi connectivity index (χ1n) is 7.81. The molecule has 122 valence electrons. The minimum atomic E-state index is -0.0687. The van der Waals surface area contributed by atoms with Gasteiger partial charge in [-0.05, 0) is 31.7 Å². The minimum Gasteiger partial charge on any atom is -0.294 e. The highest BCUT2D eigenvalue weighted by atomic mass is 16.1. The maximum Gasteiger partial charge on any atom is 0.160 e. The maximum atomic E-state index is 11.0. The lowest BCUT2D eigenvalue weighted by Crippen LogP contribution is -2.10. The van der Waals surface area contributed by atoms with Crippen molar-refractivity contribution in [3.05, 3.63) is 70.8 Å². The summed E-state index contributed by atoms with van der Waals surface area (Å²) in [4.78, 5) is 22.0. The van der Waals surface area contributed by atoms with Gasteiger partial charge in [0.25, 0.3) is 0 Å². The van der Waals surface area contributed by atoms with E-state index in [2.05, 4.69) is 52.0 Å². The standard InChI is InChI=1S/C11H16.C10H10O2/c1-9-5-7-10(8-6-9)11(2,3)4;1-7(11)9-5-3-4-6-10(9)8(2)12/h5-8H,1-4H3;3-6H,1-2H3. The molecule has 2 aromatic carbocycles. The highest BCUT2D eigenvalue weighted by Gasteiger charge is 2.12. The second kappa shape index (κ2) is 7.87. The molecule has 0 heterocycles. The highest BCUT2D eigenvalue weighted by Crippen LogP contribution is 2.21. The Morgan fingerprint density at radius 2 is 1.13 bits per heavy atom. The summed E-state index contributed by atoms with van der Waals surface area (Å²) in [5.41, 5.74) is 4.03. The van der Waals surface area contributed by atoms with Gasteiger partial charge in [-0.3, -0.25) is 9.59 Å². The van der Waals surface area contributed by atoms with Gasteiger partial charge in [-0.2, -0.15) is 0 Å². The SMILES string of the molecule is CC(=O)c1ccccc1C(C)=O.Cc1ccc(C(C)(C)C)cc1. The Balaban J connectivity index is 0.000000231. The summed E-state index contributed by atoms with van der Waals surface area (Å²) in [7, 11) is 0. The highest BCUT2D eigenvalue weighted by molar-refractivity contribution is 6.07. The second-order valence-corrected chi connectivity index (χ2v) is 6.77. The Morgan fingerprint density at radius 3 is 1.43 bits per heavy atom. The fraction of sp³-hybridized carbons (Fsp3) is 0.333. The molecule has 23 heavy (non-hydrogen) atoms. The van der Waals surface area contributed by atoms with Crippen LogP contribution in [-0.4, -0.2) is 11.6 Å². The van der Waals surface area contributed by atoms with E-state index in [0.717, 1.165) is 0 Å². The van der Waals surface area contributed by atoms with E-state index in [1.807, 2.05) is 0 Å². The van der Waals surface area contributed by atoms with Gasteiger partial charge in [0.2, 0.25) is 0 Å². The van der Waals surface area contributed by atoms with E-state index in [1.165, 1.54) is 25.0 Å². The summed E-state index contributed by atoms with van der Waals surface area (Å²) in [6, 6.07) is 15.6. The number of aryl methyl sites for hydroxylation is 1. The third kappa shape index (κ3) is 5.82. The number of benzene rings is 2. The lowest BCUT2D eigenvalue weighted by molar-refractivity contribution is 0.0981. The number of carbonyl (C=O) groups excluding carboxylic acids is 2. The van der Waals surface area contributed by atoms with Crippen molar-refractivity contribution >= 4 is 11.6 Å². The van der Waals surface area contributed by atoms with Gasteiger partial charge in [0.05, 0.1) is 0 Å². The fourth-order valence-corrected chi connectivity index (χ4v) is 2.15. The summed E-state index contributed by atoms with van der Waals surface area (Å²) in [5, 5.41) is 0. The zero-order valence-corrected chi connectivity index (χ0v) is 14.9. The summed E-state index contributed by atoms with van der Waals surface area (Å²) in [6.07, 6.45) is 0. The third-order valence-corrected chi connectivity index (χ3v) is 3.60. The summed E-state index contributed by atoms with van der Waals surface area (Å²) in [6.45, 7) is 11.7. The number of rotatable bonds is 2. The Morgan fingerprint density at radius 1 is 0.739 bits per heavy atom. The molecule has 2 rings (SSSR count). The predicted molar refractivity (Wildman–Crippen MR) is 96.3 cm³/mol. The van der Waals surface area contributed by atoms with E-state index in [0.29, 0.717) is 11.1 Å². The van der Waals surface area contributed by atoms with Crippen molar-refractivity contribution in [2.24, 2.45) is 0 Å². The predicted octanol–water partition coefficient (Wildman–Crippen LogP) is 5.38. The molecule has 2 heteroatoms. The van der Waals surface area contributed by atoms with Crippen LogP contribution < -0.4 is 0 Å². The van der Waals surface area contributed by atoms with Gasteiger partial charge in [0, 0.05) is 11.1 Å². The number of carbonyl (C=O) groups is 2. The second-order valence-electron chi connectivity index (χ2n) is 6.77. The van der Waals surface area contributed by atoms with E-state index in [9.17, 15) is 9.59 Å². The van der Waals surface area contributed by atoms with Gasteiger partial charge in [0.1, 0.15) is 0 Å². The molecule has 2 aromatic rings. The number of hydrogen-bond donors (Lipinski definition) is 0. The quantitative estimate of drug-likeness (QED) is 0.697. The largest absolute Gasteiger partial charge is 0.294 e. The first kappa shape index (κ1) is 18.8.